The van der Waals surface area contributed by atoms with Gasteiger partial charge in [-0.25, -0.2) is 15.0 Å². The molecule has 0 spiro atoms. The summed E-state index contributed by atoms with van der Waals surface area (Å²) in [5.74, 6) is 1.63. The van der Waals surface area contributed by atoms with Crippen LogP contribution in [0.25, 0.3) is 0 Å². The molecule has 12 rings (SSSR count). The van der Waals surface area contributed by atoms with E-state index in [9.17, 15) is 14.4 Å². The summed E-state index contributed by atoms with van der Waals surface area (Å²) in [6.07, 6.45) is 15.5. The molecule has 0 radical (unpaired) electrons. The zero-order valence-electron chi connectivity index (χ0n) is 53.9. The Morgan fingerprint density at radius 2 is 0.777 bits per heavy atom. The van der Waals surface area contributed by atoms with Gasteiger partial charge in [0.15, 0.2) is 0 Å². The van der Waals surface area contributed by atoms with Gasteiger partial charge in [-0.3, -0.25) is 34.1 Å². The molecule has 6 N–H and O–H groups in total. The number of amides is 3. The Hall–Kier alpha value is -9.65. The zero-order chi connectivity index (χ0) is 64.8. The first kappa shape index (κ1) is 67.2. The van der Waals surface area contributed by atoms with Crippen molar-refractivity contribution in [1.82, 2.24) is 50.6 Å². The molecule has 7 heterocycles. The topological polar surface area (TPSA) is 194 Å². The Bertz CT molecular complexity index is 3670. The number of methoxy groups -OCH3 is 1. The molecule has 3 amide bonds. The molecule has 3 fully saturated rings. The first-order chi connectivity index (χ1) is 46.3. The first-order valence-corrected chi connectivity index (χ1v) is 33.1. The second-order valence-electron chi connectivity index (χ2n) is 24.2. The molecule has 1 unspecified atom stereocenters. The summed E-state index contributed by atoms with van der Waals surface area (Å²) in [6.45, 7) is 10.6. The molecule has 1 atom stereocenters. The highest BCUT2D eigenvalue weighted by Gasteiger charge is 2.26. The lowest BCUT2D eigenvalue weighted by Crippen LogP contribution is -2.39. The molecule has 5 aromatic carbocycles. The summed E-state index contributed by atoms with van der Waals surface area (Å²) in [5, 5.41) is 19.7. The monoisotopic (exact) mass is 1260 g/mol. The van der Waals surface area contributed by atoms with E-state index in [4.69, 9.17) is 4.74 Å². The highest BCUT2D eigenvalue weighted by Crippen LogP contribution is 2.25. The van der Waals surface area contributed by atoms with Crippen molar-refractivity contribution < 1.29 is 19.1 Å². The second kappa shape index (κ2) is 36.6. The van der Waals surface area contributed by atoms with Crippen molar-refractivity contribution >= 4 is 35.2 Å². The van der Waals surface area contributed by atoms with Crippen molar-refractivity contribution in [3.63, 3.8) is 0 Å². The van der Waals surface area contributed by atoms with Crippen LogP contribution in [0.1, 0.15) is 109 Å². The van der Waals surface area contributed by atoms with E-state index in [1.165, 1.54) is 22.3 Å². The standard InChI is InChI=1S/C32H34N4O.C24H27N5O.C21H28N4O2/c37-32(35-30(27-15-8-3-9-16-27)23-25-11-4-1-5-12-25)29-17-10-20-33-31(29)34-28-18-21-36(22-19-28)24-26-13-6-2-7-14-26;30-24(27-17-19-8-13-25-14-9-19)22-7-4-12-26-23(22)28-21-10-15-29(16-11-21)18-20-5-2-1-3-6-20;1-27-15-12-23-21(26)19-8-5-11-22-20(19)24-18-9-13-25(14-10-18)16-17-6-3-2-4-7-17/h1-17,20,28,30H,18-19,21-24H2,(H,33,34)(H,35,37);1-9,12-14,21H,10-11,15-18H2,(H,26,28)(H,27,30);2-8,11,18H,9-10,12-16H2,1H3,(H,22,24)(H,23,26). The van der Waals surface area contributed by atoms with Crippen LogP contribution in [0.15, 0.2) is 231 Å². The van der Waals surface area contributed by atoms with E-state index in [0.717, 1.165) is 115 Å². The average Bonchev–Trinajstić information content (AvgIpc) is 1.89. The molecule has 17 heteroatoms. The van der Waals surface area contributed by atoms with Crippen LogP contribution in [-0.2, 0) is 37.3 Å². The zero-order valence-corrected chi connectivity index (χ0v) is 53.9. The fourth-order valence-electron chi connectivity index (χ4n) is 12.1. The fourth-order valence-corrected chi connectivity index (χ4v) is 12.1. The summed E-state index contributed by atoms with van der Waals surface area (Å²) in [6, 6.07) is 67.7. The van der Waals surface area contributed by atoms with Crippen molar-refractivity contribution in [3.8, 4) is 0 Å². The molecule has 0 aliphatic carbocycles. The highest BCUT2D eigenvalue weighted by molar-refractivity contribution is 6.00. The van der Waals surface area contributed by atoms with Crippen LogP contribution < -0.4 is 31.9 Å². The summed E-state index contributed by atoms with van der Waals surface area (Å²) in [7, 11) is 1.62. The largest absolute Gasteiger partial charge is 0.383 e. The third-order valence-corrected chi connectivity index (χ3v) is 17.3. The molecule has 94 heavy (non-hydrogen) atoms. The smallest absolute Gasteiger partial charge is 0.255 e. The number of carbonyl (C=O) groups is 3. The van der Waals surface area contributed by atoms with Crippen LogP contribution in [0.2, 0.25) is 0 Å². The maximum Gasteiger partial charge on any atom is 0.255 e. The molecule has 9 aromatic rings. The van der Waals surface area contributed by atoms with Gasteiger partial charge in [-0.1, -0.05) is 152 Å². The van der Waals surface area contributed by atoms with E-state index in [1.807, 2.05) is 72.8 Å². The third-order valence-electron chi connectivity index (χ3n) is 17.3. The van der Waals surface area contributed by atoms with E-state index >= 15 is 0 Å². The minimum Gasteiger partial charge on any atom is -0.383 e. The Labute approximate surface area is 554 Å². The number of nitrogens with zero attached hydrogens (tertiary/aromatic N) is 7. The number of hydrogen-bond donors (Lipinski definition) is 6. The van der Waals surface area contributed by atoms with Gasteiger partial charge in [0.2, 0.25) is 0 Å². The van der Waals surface area contributed by atoms with Gasteiger partial charge in [0.25, 0.3) is 17.7 Å². The van der Waals surface area contributed by atoms with E-state index in [2.05, 4.69) is 182 Å². The van der Waals surface area contributed by atoms with Crippen LogP contribution in [0, 0.1) is 0 Å². The van der Waals surface area contributed by atoms with Crippen LogP contribution in [-0.4, -0.2) is 130 Å². The predicted octanol–water partition coefficient (Wildman–Crippen LogP) is 11.9. The summed E-state index contributed by atoms with van der Waals surface area (Å²) in [5.41, 5.74) is 9.09. The fraction of sp³-hybridized carbons (Fsp3) is 0.312. The maximum absolute atomic E-state index is 13.5. The summed E-state index contributed by atoms with van der Waals surface area (Å²) in [4.78, 5) is 63.5. The maximum atomic E-state index is 13.5. The molecule has 4 aromatic heterocycles. The van der Waals surface area contributed by atoms with Crippen molar-refractivity contribution in [2.75, 3.05) is 75.5 Å². The third kappa shape index (κ3) is 21.5. The molecule has 0 saturated carbocycles. The van der Waals surface area contributed by atoms with Gasteiger partial charge >= 0.3 is 0 Å². The Morgan fingerprint density at radius 1 is 0.415 bits per heavy atom. The lowest BCUT2D eigenvalue weighted by Gasteiger charge is -2.33. The Morgan fingerprint density at radius 3 is 1.17 bits per heavy atom. The van der Waals surface area contributed by atoms with Gasteiger partial charge in [-0.15, -0.1) is 0 Å². The molecule has 0 bridgehead atoms. The number of carbonyl (C=O) groups excluding carboxylic acids is 3. The van der Waals surface area contributed by atoms with Gasteiger partial charge in [-0.05, 0) is 127 Å². The van der Waals surface area contributed by atoms with E-state index < -0.39 is 0 Å². The minimum atomic E-state index is -0.134. The van der Waals surface area contributed by atoms with Crippen LogP contribution in [0.5, 0.6) is 0 Å². The number of rotatable bonds is 24. The van der Waals surface area contributed by atoms with Crippen LogP contribution in [0.3, 0.4) is 0 Å². The van der Waals surface area contributed by atoms with Gasteiger partial charge in [0.1, 0.15) is 17.5 Å². The van der Waals surface area contributed by atoms with Crippen molar-refractivity contribution in [2.45, 2.75) is 95.3 Å². The number of anilines is 3. The summed E-state index contributed by atoms with van der Waals surface area (Å²) >= 11 is 0. The van der Waals surface area contributed by atoms with Gasteiger partial charge in [-0.2, -0.15) is 0 Å². The minimum absolute atomic E-state index is 0.109. The van der Waals surface area contributed by atoms with E-state index in [0.29, 0.717) is 72.0 Å². The summed E-state index contributed by atoms with van der Waals surface area (Å²) < 4.78 is 4.98. The number of hydrogen-bond acceptors (Lipinski definition) is 14. The highest BCUT2D eigenvalue weighted by atomic mass is 16.5. The number of likely N-dealkylation sites (tertiary alicyclic amines) is 3. The molecule has 486 valence electrons. The average molecular weight is 1260 g/mol. The van der Waals surface area contributed by atoms with Crippen molar-refractivity contribution in [2.24, 2.45) is 0 Å². The number of pyridine rings is 4. The van der Waals surface area contributed by atoms with E-state index in [-0.39, 0.29) is 23.8 Å². The van der Waals surface area contributed by atoms with Gasteiger partial charge in [0, 0.05) is 128 Å². The van der Waals surface area contributed by atoms with Crippen LogP contribution in [0.4, 0.5) is 17.5 Å². The van der Waals surface area contributed by atoms with Crippen LogP contribution >= 0.6 is 0 Å². The van der Waals surface area contributed by atoms with Crippen molar-refractivity contribution in [1.29, 1.82) is 0 Å². The Kier molecular flexibility index (Phi) is 26.2. The molecule has 3 aliphatic rings. The van der Waals surface area contributed by atoms with Gasteiger partial charge in [0.05, 0.1) is 29.3 Å². The SMILES string of the molecule is COCCNC(=O)c1cccnc1NC1CCN(Cc2ccccc2)CC1.O=C(NC(Cc1ccccc1)c1ccccc1)c1cccnc1NC1CCN(Cc2ccccc2)CC1.O=C(NCc1ccncc1)c1cccnc1NC1CCN(Cc2ccccc2)CC1. The first-order valence-electron chi connectivity index (χ1n) is 33.1. The van der Waals surface area contributed by atoms with Gasteiger partial charge < -0.3 is 36.6 Å². The second-order valence-corrected chi connectivity index (χ2v) is 24.2. The molecular formula is C77H89N13O4. The predicted molar refractivity (Wildman–Crippen MR) is 374 cm³/mol. The number of piperidine rings is 3. The lowest BCUT2D eigenvalue weighted by molar-refractivity contribution is 0.0929. The quantitative estimate of drug-likeness (QED) is 0.0313. The molecule has 3 saturated heterocycles. The number of benzene rings is 5. The molecular weight excluding hydrogens is 1170 g/mol. The number of nitrogens with one attached hydrogen (secondary N) is 6. The van der Waals surface area contributed by atoms with E-state index in [1.54, 1.807) is 50.2 Å². The number of ether oxygens (including phenoxy) is 1. The number of aromatic nitrogens is 4. The molecule has 17 nitrogen and oxygen atoms in total. The van der Waals surface area contributed by atoms with Crippen molar-refractivity contribution in [3.05, 3.63) is 281 Å². The molecule has 3 aliphatic heterocycles. The lowest BCUT2D eigenvalue weighted by atomic mass is 9.98. The Balaban J connectivity index is 0.000000156. The normalized spacial score (nSPS) is 15.2.